The number of anilines is 1. The number of aliphatic hydroxyl groups excluding tert-OH is 2. The Morgan fingerprint density at radius 3 is 2.05 bits per heavy atom. The van der Waals surface area contributed by atoms with Gasteiger partial charge in [-0.2, -0.15) is 0 Å². The summed E-state index contributed by atoms with van der Waals surface area (Å²) < 4.78 is 0. The topological polar surface area (TPSA) is 69.6 Å². The number of hydrogen-bond acceptors (Lipinski definition) is 3. The van der Waals surface area contributed by atoms with E-state index < -0.39 is 0 Å². The van der Waals surface area contributed by atoms with Crippen LogP contribution in [0.25, 0.3) is 0 Å². The average molecular weight is 271 g/mol. The molecule has 0 aliphatic heterocycles. The van der Waals surface area contributed by atoms with Crippen LogP contribution < -0.4 is 5.32 Å². The third kappa shape index (κ3) is 3.66. The highest BCUT2D eigenvalue weighted by Gasteiger charge is 2.05. The highest BCUT2D eigenvalue weighted by Crippen LogP contribution is 2.12. The van der Waals surface area contributed by atoms with Crippen LogP contribution >= 0.6 is 0 Å². The van der Waals surface area contributed by atoms with Crippen LogP contribution in [0.4, 0.5) is 5.69 Å². The van der Waals surface area contributed by atoms with E-state index >= 15 is 0 Å². The molecule has 0 aliphatic carbocycles. The van der Waals surface area contributed by atoms with Crippen molar-refractivity contribution < 1.29 is 15.0 Å². The molecule has 0 heterocycles. The normalized spacial score (nSPS) is 10.3. The fraction of sp³-hybridized carbons (Fsp3) is 0.188. The Bertz CT molecular complexity index is 561. The van der Waals surface area contributed by atoms with Gasteiger partial charge in [0.25, 0.3) is 5.91 Å². The molecule has 4 nitrogen and oxygen atoms in total. The first kappa shape index (κ1) is 14.2. The van der Waals surface area contributed by atoms with Gasteiger partial charge in [-0.3, -0.25) is 4.79 Å². The Hall–Kier alpha value is -2.17. The summed E-state index contributed by atoms with van der Waals surface area (Å²) in [5.41, 5.74) is 3.05. The first-order chi connectivity index (χ1) is 9.72. The molecule has 0 atom stereocenters. The molecule has 2 aromatic rings. The maximum Gasteiger partial charge on any atom is 0.255 e. The molecule has 2 rings (SSSR count). The van der Waals surface area contributed by atoms with E-state index in [1.807, 2.05) is 24.3 Å². The summed E-state index contributed by atoms with van der Waals surface area (Å²) in [5.74, 6) is -0.190. The largest absolute Gasteiger partial charge is 0.396 e. The molecule has 4 heteroatoms. The minimum atomic E-state index is -0.190. The van der Waals surface area contributed by atoms with Gasteiger partial charge in [0.1, 0.15) is 0 Å². The van der Waals surface area contributed by atoms with Crippen LogP contribution in [-0.4, -0.2) is 22.7 Å². The summed E-state index contributed by atoms with van der Waals surface area (Å²) in [6.07, 6.45) is 0.608. The quantitative estimate of drug-likeness (QED) is 0.778. The van der Waals surface area contributed by atoms with Crippen LogP contribution in [0.5, 0.6) is 0 Å². The van der Waals surface area contributed by atoms with Crippen molar-refractivity contribution in [3.05, 3.63) is 65.2 Å². The van der Waals surface area contributed by atoms with Crippen molar-refractivity contribution in [2.45, 2.75) is 13.0 Å². The zero-order valence-corrected chi connectivity index (χ0v) is 11.0. The van der Waals surface area contributed by atoms with Gasteiger partial charge in [-0.1, -0.05) is 24.3 Å². The summed E-state index contributed by atoms with van der Waals surface area (Å²) in [7, 11) is 0. The van der Waals surface area contributed by atoms with Gasteiger partial charge in [0.05, 0.1) is 6.61 Å². The lowest BCUT2D eigenvalue weighted by Crippen LogP contribution is -2.11. The Morgan fingerprint density at radius 2 is 1.50 bits per heavy atom. The van der Waals surface area contributed by atoms with Gasteiger partial charge in [-0.25, -0.2) is 0 Å². The van der Waals surface area contributed by atoms with Gasteiger partial charge in [-0.15, -0.1) is 0 Å². The molecule has 20 heavy (non-hydrogen) atoms. The molecule has 0 radical (unpaired) electrons. The molecule has 0 aromatic heterocycles. The zero-order chi connectivity index (χ0) is 14.4. The minimum Gasteiger partial charge on any atom is -0.396 e. The van der Waals surface area contributed by atoms with Crippen LogP contribution in [0, 0.1) is 0 Å². The van der Waals surface area contributed by atoms with Crippen molar-refractivity contribution in [1.82, 2.24) is 0 Å². The van der Waals surface area contributed by atoms with E-state index in [2.05, 4.69) is 5.32 Å². The number of rotatable bonds is 5. The highest BCUT2D eigenvalue weighted by molar-refractivity contribution is 6.04. The van der Waals surface area contributed by atoms with Crippen molar-refractivity contribution >= 4 is 11.6 Å². The second kappa shape index (κ2) is 6.84. The van der Waals surface area contributed by atoms with Crippen LogP contribution in [0.15, 0.2) is 48.5 Å². The lowest BCUT2D eigenvalue weighted by atomic mass is 10.1. The number of benzene rings is 2. The maximum atomic E-state index is 12.0. The minimum absolute atomic E-state index is 0.0335. The summed E-state index contributed by atoms with van der Waals surface area (Å²) >= 11 is 0. The average Bonchev–Trinajstić information content (AvgIpc) is 2.49. The molecule has 2 aromatic carbocycles. The van der Waals surface area contributed by atoms with Gasteiger partial charge >= 0.3 is 0 Å². The van der Waals surface area contributed by atoms with Crippen molar-refractivity contribution in [1.29, 1.82) is 0 Å². The number of carbonyl (C=O) groups excluding carboxylic acids is 1. The molecule has 1 amide bonds. The van der Waals surface area contributed by atoms with E-state index in [0.717, 1.165) is 11.1 Å². The summed E-state index contributed by atoms with van der Waals surface area (Å²) in [5, 5.41) is 20.6. The predicted octanol–water partition coefficient (Wildman–Crippen LogP) is 1.97. The third-order valence-corrected chi connectivity index (χ3v) is 3.01. The molecule has 0 saturated carbocycles. The summed E-state index contributed by atoms with van der Waals surface area (Å²) in [6, 6.07) is 14.2. The highest BCUT2D eigenvalue weighted by atomic mass is 16.3. The van der Waals surface area contributed by atoms with Gasteiger partial charge in [0.2, 0.25) is 0 Å². The maximum absolute atomic E-state index is 12.0. The molecular weight excluding hydrogens is 254 g/mol. The second-order valence-electron chi connectivity index (χ2n) is 4.48. The van der Waals surface area contributed by atoms with E-state index in [9.17, 15) is 4.79 Å². The number of hydrogen-bond donors (Lipinski definition) is 3. The fourth-order valence-corrected chi connectivity index (χ4v) is 1.85. The summed E-state index contributed by atoms with van der Waals surface area (Å²) in [4.78, 5) is 12.0. The monoisotopic (exact) mass is 271 g/mol. The Balaban J connectivity index is 2.02. The number of amides is 1. The summed E-state index contributed by atoms with van der Waals surface area (Å²) in [6.45, 7) is 0.0805. The van der Waals surface area contributed by atoms with Crippen molar-refractivity contribution in [2.75, 3.05) is 11.9 Å². The van der Waals surface area contributed by atoms with Crippen LogP contribution in [0.2, 0.25) is 0 Å². The van der Waals surface area contributed by atoms with Gasteiger partial charge in [0, 0.05) is 17.9 Å². The Morgan fingerprint density at radius 1 is 0.900 bits per heavy atom. The zero-order valence-electron chi connectivity index (χ0n) is 11.0. The molecule has 0 aliphatic rings. The van der Waals surface area contributed by atoms with E-state index in [1.165, 1.54) is 0 Å². The van der Waals surface area contributed by atoms with Crippen molar-refractivity contribution in [3.8, 4) is 0 Å². The Kier molecular flexibility index (Phi) is 4.87. The van der Waals surface area contributed by atoms with Crippen LogP contribution in [-0.2, 0) is 13.0 Å². The van der Waals surface area contributed by atoms with E-state index in [1.54, 1.807) is 24.3 Å². The fourth-order valence-electron chi connectivity index (χ4n) is 1.85. The van der Waals surface area contributed by atoms with Gasteiger partial charge < -0.3 is 15.5 Å². The van der Waals surface area contributed by atoms with Gasteiger partial charge in [-0.05, 0) is 41.8 Å². The van der Waals surface area contributed by atoms with Crippen molar-refractivity contribution in [3.63, 3.8) is 0 Å². The first-order valence-corrected chi connectivity index (χ1v) is 6.44. The molecule has 0 spiro atoms. The Labute approximate surface area is 117 Å². The molecular formula is C16H17NO3. The van der Waals surface area contributed by atoms with Crippen LogP contribution in [0.3, 0.4) is 0 Å². The lowest BCUT2D eigenvalue weighted by Gasteiger charge is -2.07. The smallest absolute Gasteiger partial charge is 0.255 e. The van der Waals surface area contributed by atoms with Crippen LogP contribution in [0.1, 0.15) is 21.5 Å². The lowest BCUT2D eigenvalue weighted by molar-refractivity contribution is 0.102. The SMILES string of the molecule is O=C(Nc1ccc(CCO)cc1)c1ccc(CO)cc1. The molecule has 3 N–H and O–H groups in total. The molecule has 0 unspecified atom stereocenters. The van der Waals surface area contributed by atoms with E-state index in [-0.39, 0.29) is 19.1 Å². The number of nitrogens with one attached hydrogen (secondary N) is 1. The third-order valence-electron chi connectivity index (χ3n) is 3.01. The number of aliphatic hydroxyl groups is 2. The predicted molar refractivity (Wildman–Crippen MR) is 77.5 cm³/mol. The van der Waals surface area contributed by atoms with Crippen molar-refractivity contribution in [2.24, 2.45) is 0 Å². The van der Waals surface area contributed by atoms with E-state index in [0.29, 0.717) is 17.7 Å². The number of carbonyl (C=O) groups is 1. The first-order valence-electron chi connectivity index (χ1n) is 6.44. The molecule has 0 bridgehead atoms. The molecule has 0 saturated heterocycles. The van der Waals surface area contributed by atoms with E-state index in [4.69, 9.17) is 10.2 Å². The second-order valence-corrected chi connectivity index (χ2v) is 4.48. The van der Waals surface area contributed by atoms with Gasteiger partial charge in [0.15, 0.2) is 0 Å². The standard InChI is InChI=1S/C16H17NO3/c18-10-9-12-3-7-15(8-4-12)17-16(20)14-5-1-13(11-19)2-6-14/h1-8,18-19H,9-11H2,(H,17,20). The molecule has 0 fully saturated rings. The molecule has 104 valence electrons.